The van der Waals surface area contributed by atoms with Crippen LogP contribution >= 0.6 is 0 Å². The highest BCUT2D eigenvalue weighted by Crippen LogP contribution is 2.25. The number of hydrogen-bond acceptors (Lipinski definition) is 5. The number of hydrogen-bond donors (Lipinski definition) is 3. The lowest BCUT2D eigenvalue weighted by atomic mass is 10.1. The Morgan fingerprint density at radius 3 is 2.33 bits per heavy atom. The fraction of sp³-hybridized carbons (Fsp3) is 0.300. The van der Waals surface area contributed by atoms with Crippen LogP contribution in [0.5, 0.6) is 11.5 Å². The molecule has 0 spiro atoms. The molecule has 0 heterocycles. The van der Waals surface area contributed by atoms with E-state index in [9.17, 15) is 9.59 Å². The van der Waals surface area contributed by atoms with E-state index in [4.69, 9.17) is 9.47 Å². The van der Waals surface area contributed by atoms with Crippen molar-refractivity contribution < 1.29 is 19.1 Å². The second-order valence-electron chi connectivity index (χ2n) is 5.65. The number of nitrogens with one attached hydrogen (secondary N) is 3. The summed E-state index contributed by atoms with van der Waals surface area (Å²) >= 11 is 0. The van der Waals surface area contributed by atoms with Crippen molar-refractivity contribution in [3.63, 3.8) is 0 Å². The van der Waals surface area contributed by atoms with Gasteiger partial charge in [0.15, 0.2) is 11.5 Å². The summed E-state index contributed by atoms with van der Waals surface area (Å²) in [7, 11) is 1.58. The highest BCUT2D eigenvalue weighted by Gasteiger charge is 2.21. The minimum Gasteiger partial charge on any atom is -0.493 e. The largest absolute Gasteiger partial charge is 0.493 e. The number of ether oxygens (including phenoxy) is 2. The van der Waals surface area contributed by atoms with Crippen molar-refractivity contribution >= 4 is 11.9 Å². The second kappa shape index (κ2) is 10.8. The Kier molecular flexibility index (Phi) is 8.12. The molecule has 0 aliphatic heterocycles. The van der Waals surface area contributed by atoms with Crippen LogP contribution in [0.25, 0.3) is 0 Å². The van der Waals surface area contributed by atoms with E-state index >= 15 is 0 Å². The molecule has 0 saturated heterocycles. The topological polar surface area (TPSA) is 88.7 Å². The molecule has 27 heavy (non-hydrogen) atoms. The smallest absolute Gasteiger partial charge is 0.321 e. The SMILES string of the molecule is CCNC(=O)NC(=O)[C@@H](NCCOc1ccccc1OC)c1ccccc1. The summed E-state index contributed by atoms with van der Waals surface area (Å²) in [4.78, 5) is 24.2. The molecule has 3 N–H and O–H groups in total. The van der Waals surface area contributed by atoms with Crippen LogP contribution in [-0.2, 0) is 4.79 Å². The third-order valence-corrected chi connectivity index (χ3v) is 3.75. The van der Waals surface area contributed by atoms with Crippen molar-refractivity contribution in [1.29, 1.82) is 0 Å². The maximum absolute atomic E-state index is 12.5. The van der Waals surface area contributed by atoms with Gasteiger partial charge in [-0.05, 0) is 24.6 Å². The average molecular weight is 371 g/mol. The number of para-hydroxylation sites is 2. The third kappa shape index (κ3) is 6.31. The van der Waals surface area contributed by atoms with Gasteiger partial charge in [0, 0.05) is 13.1 Å². The van der Waals surface area contributed by atoms with Crippen LogP contribution in [0.1, 0.15) is 18.5 Å². The molecular weight excluding hydrogens is 346 g/mol. The molecule has 7 nitrogen and oxygen atoms in total. The quantitative estimate of drug-likeness (QED) is 0.589. The van der Waals surface area contributed by atoms with Crippen molar-refractivity contribution in [2.24, 2.45) is 0 Å². The minimum absolute atomic E-state index is 0.331. The van der Waals surface area contributed by atoms with Gasteiger partial charge < -0.3 is 14.8 Å². The highest BCUT2D eigenvalue weighted by molar-refractivity contribution is 5.97. The standard InChI is InChI=1S/C20H25N3O4/c1-3-21-20(25)23-19(24)18(15-9-5-4-6-10-15)22-13-14-27-17-12-8-7-11-16(17)26-2/h4-12,18,22H,3,13-14H2,1-2H3,(H2,21,23,24,25)/t18-/m0/s1. The van der Waals surface area contributed by atoms with Crippen LogP contribution in [0.4, 0.5) is 4.79 Å². The Labute approximate surface area is 159 Å². The predicted molar refractivity (Wildman–Crippen MR) is 103 cm³/mol. The van der Waals surface area contributed by atoms with Crippen molar-refractivity contribution in [3.8, 4) is 11.5 Å². The maximum atomic E-state index is 12.5. The molecule has 0 saturated carbocycles. The van der Waals surface area contributed by atoms with Crippen LogP contribution in [0.3, 0.4) is 0 Å². The van der Waals surface area contributed by atoms with E-state index in [1.807, 2.05) is 54.6 Å². The summed E-state index contributed by atoms with van der Waals surface area (Å²) in [5.74, 6) is 0.848. The molecule has 1 atom stereocenters. The van der Waals surface area contributed by atoms with Crippen molar-refractivity contribution in [2.45, 2.75) is 13.0 Å². The Morgan fingerprint density at radius 1 is 1.00 bits per heavy atom. The molecule has 2 aromatic carbocycles. The lowest BCUT2D eigenvalue weighted by molar-refractivity contribution is -0.122. The van der Waals surface area contributed by atoms with E-state index in [-0.39, 0.29) is 0 Å². The van der Waals surface area contributed by atoms with Gasteiger partial charge in [-0.2, -0.15) is 0 Å². The molecule has 0 unspecified atom stereocenters. The maximum Gasteiger partial charge on any atom is 0.321 e. The van der Waals surface area contributed by atoms with Gasteiger partial charge >= 0.3 is 6.03 Å². The number of imide groups is 1. The summed E-state index contributed by atoms with van der Waals surface area (Å²) in [5, 5.41) is 8.02. The van der Waals surface area contributed by atoms with Crippen molar-refractivity contribution in [1.82, 2.24) is 16.0 Å². The van der Waals surface area contributed by atoms with Gasteiger partial charge in [0.1, 0.15) is 12.6 Å². The first kappa shape index (κ1) is 20.3. The number of benzene rings is 2. The Morgan fingerprint density at radius 2 is 1.67 bits per heavy atom. The third-order valence-electron chi connectivity index (χ3n) is 3.75. The van der Waals surface area contributed by atoms with Crippen LogP contribution in [0.15, 0.2) is 54.6 Å². The number of carbonyl (C=O) groups excluding carboxylic acids is 2. The van der Waals surface area contributed by atoms with E-state index in [1.165, 1.54) is 0 Å². The molecule has 0 aliphatic carbocycles. The van der Waals surface area contributed by atoms with Crippen LogP contribution in [-0.4, -0.2) is 38.7 Å². The average Bonchev–Trinajstić information content (AvgIpc) is 2.69. The predicted octanol–water partition coefficient (Wildman–Crippen LogP) is 2.25. The van der Waals surface area contributed by atoms with E-state index in [0.29, 0.717) is 31.2 Å². The molecule has 144 valence electrons. The molecule has 0 aliphatic rings. The fourth-order valence-electron chi connectivity index (χ4n) is 2.50. The van der Waals surface area contributed by atoms with Crippen molar-refractivity contribution in [2.75, 3.05) is 26.8 Å². The number of carbonyl (C=O) groups is 2. The van der Waals surface area contributed by atoms with E-state index in [2.05, 4.69) is 16.0 Å². The summed E-state index contributed by atoms with van der Waals surface area (Å²) in [6.45, 7) is 2.96. The Bertz CT molecular complexity index is 737. The van der Waals surface area contributed by atoms with Crippen LogP contribution < -0.4 is 25.4 Å². The molecule has 2 rings (SSSR count). The number of methoxy groups -OCH3 is 1. The number of rotatable bonds is 9. The van der Waals surface area contributed by atoms with Gasteiger partial charge in [-0.25, -0.2) is 4.79 Å². The summed E-state index contributed by atoms with van der Waals surface area (Å²) in [6, 6.07) is 15.4. The van der Waals surface area contributed by atoms with Gasteiger partial charge in [-0.15, -0.1) is 0 Å². The summed E-state index contributed by atoms with van der Waals surface area (Å²) < 4.78 is 11.0. The number of urea groups is 1. The van der Waals surface area contributed by atoms with E-state index in [0.717, 1.165) is 5.56 Å². The molecule has 0 radical (unpaired) electrons. The zero-order chi connectivity index (χ0) is 19.5. The Hall–Kier alpha value is -3.06. The first-order chi connectivity index (χ1) is 13.2. The first-order valence-corrected chi connectivity index (χ1v) is 8.78. The monoisotopic (exact) mass is 371 g/mol. The summed E-state index contributed by atoms with van der Waals surface area (Å²) in [6.07, 6.45) is 0. The van der Waals surface area contributed by atoms with E-state index in [1.54, 1.807) is 14.0 Å². The Balaban J connectivity index is 1.96. The van der Waals surface area contributed by atoms with Crippen LogP contribution in [0.2, 0.25) is 0 Å². The van der Waals surface area contributed by atoms with Crippen LogP contribution in [0, 0.1) is 0 Å². The fourth-order valence-corrected chi connectivity index (χ4v) is 2.50. The molecule has 3 amide bonds. The summed E-state index contributed by atoms with van der Waals surface area (Å²) in [5.41, 5.74) is 0.761. The molecule has 0 bridgehead atoms. The lowest BCUT2D eigenvalue weighted by Gasteiger charge is -2.19. The van der Waals surface area contributed by atoms with Gasteiger partial charge in [-0.3, -0.25) is 15.4 Å². The van der Waals surface area contributed by atoms with Gasteiger partial charge in [0.05, 0.1) is 7.11 Å². The molecule has 7 heteroatoms. The lowest BCUT2D eigenvalue weighted by Crippen LogP contribution is -2.45. The van der Waals surface area contributed by atoms with Crippen molar-refractivity contribution in [3.05, 3.63) is 60.2 Å². The van der Waals surface area contributed by atoms with E-state index < -0.39 is 18.0 Å². The molecule has 0 fully saturated rings. The normalized spacial score (nSPS) is 11.3. The van der Waals surface area contributed by atoms with Gasteiger partial charge in [0.2, 0.25) is 5.91 Å². The molecule has 0 aromatic heterocycles. The van der Waals surface area contributed by atoms with Gasteiger partial charge in [0.25, 0.3) is 0 Å². The minimum atomic E-state index is -0.671. The highest BCUT2D eigenvalue weighted by atomic mass is 16.5. The van der Waals surface area contributed by atoms with Gasteiger partial charge in [-0.1, -0.05) is 42.5 Å². The first-order valence-electron chi connectivity index (χ1n) is 8.78. The zero-order valence-corrected chi connectivity index (χ0v) is 15.5. The zero-order valence-electron chi connectivity index (χ0n) is 15.5. The molecule has 2 aromatic rings. The second-order valence-corrected chi connectivity index (χ2v) is 5.65. The molecular formula is C20H25N3O4. The number of amides is 3.